The molecule has 0 bridgehead atoms. The topological polar surface area (TPSA) is 102 Å². The highest BCUT2D eigenvalue weighted by Crippen LogP contribution is 2.37. The third kappa shape index (κ3) is 3.61. The van der Waals surface area contributed by atoms with Crippen LogP contribution in [0.25, 0.3) is 33.4 Å². The minimum Gasteiger partial charge on any atom is -0.494 e. The molecule has 1 aromatic carbocycles. The second-order valence-electron chi connectivity index (χ2n) is 7.57. The Hall–Kier alpha value is -2.79. The summed E-state index contributed by atoms with van der Waals surface area (Å²) in [5.41, 5.74) is 5.37. The smallest absolute Gasteiger partial charge is 0.244 e. The standard InChI is InChI=1S/C21H21N5O3S2/c1-25-6-8-26(9-7-25)31(28,29)15-3-5-18(22-11-15)20-16-10-14(19-12-30-13-23-19)2-4-17(16)24-21(20)27/h2-5,10-13,24,27H,6-9H2,1H3. The number of hydrogen-bond acceptors (Lipinski definition) is 7. The van der Waals surface area contributed by atoms with Gasteiger partial charge < -0.3 is 15.0 Å². The average Bonchev–Trinajstić information content (AvgIpc) is 3.41. The molecular weight excluding hydrogens is 434 g/mol. The number of thiazole rings is 1. The van der Waals surface area contributed by atoms with E-state index in [0.29, 0.717) is 37.4 Å². The number of sulfonamides is 1. The summed E-state index contributed by atoms with van der Waals surface area (Å²) in [6, 6.07) is 8.97. The summed E-state index contributed by atoms with van der Waals surface area (Å²) in [6.07, 6.45) is 1.37. The van der Waals surface area contributed by atoms with Crippen molar-refractivity contribution in [2.45, 2.75) is 4.90 Å². The zero-order chi connectivity index (χ0) is 21.6. The Morgan fingerprint density at radius 2 is 1.87 bits per heavy atom. The number of fused-ring (bicyclic) bond motifs is 1. The maximum absolute atomic E-state index is 13.0. The molecule has 8 nitrogen and oxygen atoms in total. The summed E-state index contributed by atoms with van der Waals surface area (Å²) in [7, 11) is -1.61. The number of aromatic amines is 1. The molecule has 1 aliphatic rings. The predicted molar refractivity (Wildman–Crippen MR) is 121 cm³/mol. The number of H-pyrrole nitrogens is 1. The van der Waals surface area contributed by atoms with Crippen molar-refractivity contribution >= 4 is 32.3 Å². The van der Waals surface area contributed by atoms with Crippen molar-refractivity contribution in [3.63, 3.8) is 0 Å². The van der Waals surface area contributed by atoms with Crippen molar-refractivity contribution in [1.82, 2.24) is 24.2 Å². The maximum Gasteiger partial charge on any atom is 0.244 e. The van der Waals surface area contributed by atoms with Crippen LogP contribution in [0.2, 0.25) is 0 Å². The molecule has 1 aliphatic heterocycles. The lowest BCUT2D eigenvalue weighted by Gasteiger charge is -2.31. The maximum atomic E-state index is 13.0. The van der Waals surface area contributed by atoms with Crippen LogP contribution in [0.1, 0.15) is 0 Å². The Morgan fingerprint density at radius 1 is 1.06 bits per heavy atom. The van der Waals surface area contributed by atoms with E-state index in [2.05, 4.69) is 19.9 Å². The van der Waals surface area contributed by atoms with Gasteiger partial charge in [-0.15, -0.1) is 11.3 Å². The fourth-order valence-electron chi connectivity index (χ4n) is 3.81. The molecule has 4 heterocycles. The highest BCUT2D eigenvalue weighted by atomic mass is 32.2. The molecule has 10 heteroatoms. The normalized spacial score (nSPS) is 16.2. The van der Waals surface area contributed by atoms with E-state index in [0.717, 1.165) is 22.2 Å². The molecular formula is C21H21N5O3S2. The fourth-order valence-corrected chi connectivity index (χ4v) is 5.74. The van der Waals surface area contributed by atoms with Crippen LogP contribution >= 0.6 is 11.3 Å². The van der Waals surface area contributed by atoms with Crippen LogP contribution in [0.15, 0.2) is 52.3 Å². The van der Waals surface area contributed by atoms with Gasteiger partial charge in [-0.25, -0.2) is 13.4 Å². The highest BCUT2D eigenvalue weighted by Gasteiger charge is 2.28. The van der Waals surface area contributed by atoms with E-state index in [-0.39, 0.29) is 10.8 Å². The molecule has 0 radical (unpaired) electrons. The monoisotopic (exact) mass is 455 g/mol. The van der Waals surface area contributed by atoms with Crippen LogP contribution in [0.3, 0.4) is 0 Å². The van der Waals surface area contributed by atoms with E-state index in [1.165, 1.54) is 21.8 Å². The summed E-state index contributed by atoms with van der Waals surface area (Å²) in [5, 5.41) is 13.3. The van der Waals surface area contributed by atoms with Crippen molar-refractivity contribution in [3.05, 3.63) is 47.4 Å². The SMILES string of the molecule is CN1CCN(S(=O)(=O)c2ccc(-c3c(O)[nH]c4ccc(-c5cscn5)cc34)nc2)CC1. The van der Waals surface area contributed by atoms with Crippen LogP contribution in [0, 0.1) is 0 Å². The van der Waals surface area contributed by atoms with Gasteiger partial charge in [-0.2, -0.15) is 4.31 Å². The fraction of sp³-hybridized carbons (Fsp3) is 0.238. The Labute approximate surface area is 183 Å². The molecule has 1 saturated heterocycles. The third-order valence-electron chi connectivity index (χ3n) is 5.60. The van der Waals surface area contributed by atoms with Crippen LogP contribution in [0.4, 0.5) is 0 Å². The molecule has 0 atom stereocenters. The van der Waals surface area contributed by atoms with E-state index in [1.54, 1.807) is 17.6 Å². The Morgan fingerprint density at radius 3 is 2.55 bits per heavy atom. The predicted octanol–water partition coefficient (Wildman–Crippen LogP) is 3.00. The lowest BCUT2D eigenvalue weighted by molar-refractivity contribution is 0.222. The van der Waals surface area contributed by atoms with Crippen molar-refractivity contribution in [2.75, 3.05) is 33.2 Å². The minimum absolute atomic E-state index is 0.00685. The molecule has 31 heavy (non-hydrogen) atoms. The van der Waals surface area contributed by atoms with Gasteiger partial charge in [-0.05, 0) is 31.3 Å². The van der Waals surface area contributed by atoms with Crippen LogP contribution in [0.5, 0.6) is 5.88 Å². The first kappa shape index (κ1) is 20.1. The summed E-state index contributed by atoms with van der Waals surface area (Å²) in [6.45, 7) is 2.33. The van der Waals surface area contributed by atoms with Crippen LogP contribution in [-0.2, 0) is 10.0 Å². The largest absolute Gasteiger partial charge is 0.494 e. The third-order valence-corrected chi connectivity index (χ3v) is 8.07. The van der Waals surface area contributed by atoms with E-state index in [4.69, 9.17) is 0 Å². The van der Waals surface area contributed by atoms with Gasteiger partial charge in [0, 0.05) is 54.2 Å². The number of nitrogens with zero attached hydrogens (tertiary/aromatic N) is 4. The van der Waals surface area contributed by atoms with Crippen molar-refractivity contribution in [3.8, 4) is 28.4 Å². The Kier molecular flexibility index (Phi) is 5.01. The lowest BCUT2D eigenvalue weighted by Crippen LogP contribution is -2.47. The lowest BCUT2D eigenvalue weighted by atomic mass is 10.1. The molecule has 5 rings (SSSR count). The zero-order valence-corrected chi connectivity index (χ0v) is 18.4. The van der Waals surface area contributed by atoms with Gasteiger partial charge in [0.2, 0.25) is 10.0 Å². The second kappa shape index (κ2) is 7.72. The number of rotatable bonds is 4. The molecule has 3 aromatic heterocycles. The molecule has 0 aliphatic carbocycles. The number of pyridine rings is 1. The summed E-state index contributed by atoms with van der Waals surface area (Å²) < 4.78 is 27.4. The average molecular weight is 456 g/mol. The molecule has 1 fully saturated rings. The quantitative estimate of drug-likeness (QED) is 0.490. The number of likely N-dealkylation sites (N-methyl/N-ethyl adjacent to an activating group) is 1. The van der Waals surface area contributed by atoms with Crippen molar-refractivity contribution in [1.29, 1.82) is 0 Å². The van der Waals surface area contributed by atoms with Gasteiger partial charge in [0.05, 0.1) is 22.5 Å². The molecule has 0 saturated carbocycles. The second-order valence-corrected chi connectivity index (χ2v) is 10.2. The summed E-state index contributed by atoms with van der Waals surface area (Å²) in [4.78, 5) is 14.0. The van der Waals surface area contributed by atoms with Gasteiger partial charge >= 0.3 is 0 Å². The molecule has 4 aromatic rings. The summed E-state index contributed by atoms with van der Waals surface area (Å²) in [5.74, 6) is -0.00685. The molecule has 160 valence electrons. The number of hydrogen-bond donors (Lipinski definition) is 2. The summed E-state index contributed by atoms with van der Waals surface area (Å²) >= 11 is 1.52. The molecule has 0 spiro atoms. The Balaban J connectivity index is 1.51. The minimum atomic E-state index is -3.59. The van der Waals surface area contributed by atoms with Crippen LogP contribution in [-0.4, -0.2) is 70.9 Å². The van der Waals surface area contributed by atoms with Gasteiger partial charge in [0.25, 0.3) is 0 Å². The van der Waals surface area contributed by atoms with E-state index < -0.39 is 10.0 Å². The number of benzene rings is 1. The number of nitrogens with one attached hydrogen (secondary N) is 1. The number of aromatic hydroxyl groups is 1. The number of piperazine rings is 1. The number of aromatic nitrogens is 3. The van der Waals surface area contributed by atoms with Gasteiger partial charge in [-0.3, -0.25) is 4.98 Å². The first-order chi connectivity index (χ1) is 14.9. The zero-order valence-electron chi connectivity index (χ0n) is 16.8. The van der Waals surface area contributed by atoms with E-state index >= 15 is 0 Å². The van der Waals surface area contributed by atoms with Gasteiger partial charge in [0.1, 0.15) is 4.90 Å². The molecule has 0 unspecified atom stereocenters. The highest BCUT2D eigenvalue weighted by molar-refractivity contribution is 7.89. The first-order valence-electron chi connectivity index (χ1n) is 9.82. The van der Waals surface area contributed by atoms with Gasteiger partial charge in [0.15, 0.2) is 5.88 Å². The van der Waals surface area contributed by atoms with Crippen molar-refractivity contribution in [2.24, 2.45) is 0 Å². The first-order valence-corrected chi connectivity index (χ1v) is 12.2. The Bertz CT molecular complexity index is 1320. The molecule has 2 N–H and O–H groups in total. The van der Waals surface area contributed by atoms with Crippen molar-refractivity contribution < 1.29 is 13.5 Å². The van der Waals surface area contributed by atoms with E-state index in [9.17, 15) is 13.5 Å². The van der Waals surface area contributed by atoms with E-state index in [1.807, 2.05) is 30.6 Å². The molecule has 0 amide bonds. The van der Waals surface area contributed by atoms with Crippen LogP contribution < -0.4 is 0 Å². The van der Waals surface area contributed by atoms with Gasteiger partial charge in [-0.1, -0.05) is 6.07 Å².